The van der Waals surface area contributed by atoms with Gasteiger partial charge in [0.05, 0.1) is 5.52 Å². The fourth-order valence-electron chi connectivity index (χ4n) is 4.90. The van der Waals surface area contributed by atoms with Crippen LogP contribution in [0.4, 0.5) is 0 Å². The standard InChI is InChI=1S/C25H18BN/c1-17-9-7-14-21-24(17)27-23-16-6-5-12-19(23)20-13-8-15-22(25(20)27)26(21)18-10-3-2-4-11-18/h2-16H,1H3. The van der Waals surface area contributed by atoms with E-state index in [9.17, 15) is 0 Å². The number of rotatable bonds is 1. The Balaban J connectivity index is 1.87. The molecule has 0 radical (unpaired) electrons. The van der Waals surface area contributed by atoms with Gasteiger partial charge in [-0.3, -0.25) is 0 Å². The van der Waals surface area contributed by atoms with Gasteiger partial charge in [0.2, 0.25) is 6.71 Å². The average Bonchev–Trinajstić information content (AvgIpc) is 3.05. The maximum atomic E-state index is 2.49. The van der Waals surface area contributed by atoms with Gasteiger partial charge < -0.3 is 4.57 Å². The summed E-state index contributed by atoms with van der Waals surface area (Å²) in [4.78, 5) is 0. The van der Waals surface area contributed by atoms with E-state index in [0.717, 1.165) is 0 Å². The van der Waals surface area contributed by atoms with Crippen molar-refractivity contribution in [1.29, 1.82) is 0 Å². The Hall–Kier alpha value is -3.26. The maximum absolute atomic E-state index is 2.49. The molecule has 2 heteroatoms. The van der Waals surface area contributed by atoms with Crippen LogP contribution in [0.2, 0.25) is 0 Å². The molecular formula is C25H18BN. The van der Waals surface area contributed by atoms with Crippen LogP contribution in [0.15, 0.2) is 91.0 Å². The van der Waals surface area contributed by atoms with E-state index < -0.39 is 0 Å². The molecule has 5 aromatic rings. The van der Waals surface area contributed by atoms with E-state index in [0.29, 0.717) is 0 Å². The minimum absolute atomic E-state index is 0.265. The normalized spacial score (nSPS) is 12.6. The summed E-state index contributed by atoms with van der Waals surface area (Å²) in [6.07, 6.45) is 0. The van der Waals surface area contributed by atoms with Crippen LogP contribution in [0.3, 0.4) is 0 Å². The van der Waals surface area contributed by atoms with Crippen LogP contribution in [-0.2, 0) is 0 Å². The van der Waals surface area contributed by atoms with Gasteiger partial charge >= 0.3 is 0 Å². The highest BCUT2D eigenvalue weighted by atomic mass is 15.0. The third kappa shape index (κ3) is 1.90. The first-order chi connectivity index (χ1) is 13.3. The number of benzene rings is 4. The van der Waals surface area contributed by atoms with Crippen LogP contribution in [0, 0.1) is 6.92 Å². The van der Waals surface area contributed by atoms with Crippen LogP contribution >= 0.6 is 0 Å². The van der Waals surface area contributed by atoms with E-state index in [-0.39, 0.29) is 6.71 Å². The van der Waals surface area contributed by atoms with Crippen molar-refractivity contribution in [3.8, 4) is 5.69 Å². The Morgan fingerprint density at radius 2 is 1.33 bits per heavy atom. The highest BCUT2D eigenvalue weighted by Gasteiger charge is 2.33. The largest absolute Gasteiger partial charge is 0.310 e. The molecule has 126 valence electrons. The van der Waals surface area contributed by atoms with E-state index in [1.165, 1.54) is 49.4 Å². The molecule has 27 heavy (non-hydrogen) atoms. The zero-order valence-corrected chi connectivity index (χ0v) is 15.2. The summed E-state index contributed by atoms with van der Waals surface area (Å²) < 4.78 is 2.49. The van der Waals surface area contributed by atoms with Crippen LogP contribution < -0.4 is 16.4 Å². The number of aryl methyl sites for hydroxylation is 1. The van der Waals surface area contributed by atoms with Crippen LogP contribution in [0.5, 0.6) is 0 Å². The number of hydrogen-bond acceptors (Lipinski definition) is 0. The number of para-hydroxylation sites is 3. The Morgan fingerprint density at radius 1 is 0.630 bits per heavy atom. The first-order valence-corrected chi connectivity index (χ1v) is 9.51. The molecule has 0 saturated carbocycles. The molecule has 0 atom stereocenters. The molecule has 0 spiro atoms. The number of aromatic nitrogens is 1. The van der Waals surface area contributed by atoms with Gasteiger partial charge in [0, 0.05) is 22.0 Å². The van der Waals surface area contributed by atoms with Gasteiger partial charge in [0.15, 0.2) is 0 Å². The summed E-state index contributed by atoms with van der Waals surface area (Å²) in [5.41, 5.74) is 9.46. The minimum Gasteiger partial charge on any atom is -0.310 e. The van der Waals surface area contributed by atoms with Gasteiger partial charge in [0.25, 0.3) is 0 Å². The second-order valence-corrected chi connectivity index (χ2v) is 7.45. The van der Waals surface area contributed by atoms with Gasteiger partial charge in [-0.25, -0.2) is 0 Å². The molecule has 0 bridgehead atoms. The summed E-state index contributed by atoms with van der Waals surface area (Å²) in [7, 11) is 0. The van der Waals surface area contributed by atoms with Crippen molar-refractivity contribution in [2.75, 3.05) is 0 Å². The highest BCUT2D eigenvalue weighted by Crippen LogP contribution is 2.33. The monoisotopic (exact) mass is 343 g/mol. The predicted octanol–water partition coefficient (Wildman–Crippen LogP) is 3.92. The average molecular weight is 343 g/mol. The topological polar surface area (TPSA) is 4.93 Å². The molecule has 2 heterocycles. The van der Waals surface area contributed by atoms with Gasteiger partial charge in [0.1, 0.15) is 0 Å². The lowest BCUT2D eigenvalue weighted by Gasteiger charge is -2.28. The van der Waals surface area contributed by atoms with Gasteiger partial charge in [-0.05, 0) is 29.5 Å². The number of fused-ring (bicyclic) bond motifs is 5. The van der Waals surface area contributed by atoms with E-state index in [1.54, 1.807) is 0 Å². The molecule has 0 aliphatic carbocycles. The summed E-state index contributed by atoms with van der Waals surface area (Å²) in [6.45, 7) is 2.50. The first-order valence-electron chi connectivity index (χ1n) is 9.51. The summed E-state index contributed by atoms with van der Waals surface area (Å²) in [5, 5.41) is 2.68. The third-order valence-electron chi connectivity index (χ3n) is 5.97. The van der Waals surface area contributed by atoms with Gasteiger partial charge in [-0.1, -0.05) is 90.4 Å². The van der Waals surface area contributed by atoms with Crippen molar-refractivity contribution in [2.24, 2.45) is 0 Å². The lowest BCUT2D eigenvalue weighted by molar-refractivity contribution is 1.16. The molecule has 0 N–H and O–H groups in total. The quantitative estimate of drug-likeness (QED) is 0.399. The third-order valence-corrected chi connectivity index (χ3v) is 5.97. The van der Waals surface area contributed by atoms with Crippen molar-refractivity contribution in [3.05, 3.63) is 96.6 Å². The first kappa shape index (κ1) is 14.9. The van der Waals surface area contributed by atoms with E-state index in [2.05, 4.69) is 102 Å². The molecule has 0 unspecified atom stereocenters. The van der Waals surface area contributed by atoms with Crippen LogP contribution in [0.1, 0.15) is 5.56 Å². The summed E-state index contributed by atoms with van der Waals surface area (Å²) >= 11 is 0. The highest BCUT2D eigenvalue weighted by molar-refractivity contribution is 6.98. The Morgan fingerprint density at radius 3 is 2.22 bits per heavy atom. The maximum Gasteiger partial charge on any atom is 0.246 e. The zero-order chi connectivity index (χ0) is 18.0. The Labute approximate surface area is 159 Å². The second kappa shape index (κ2) is 5.37. The van der Waals surface area contributed by atoms with Gasteiger partial charge in [-0.15, -0.1) is 0 Å². The van der Waals surface area contributed by atoms with Crippen LogP contribution in [0.25, 0.3) is 27.5 Å². The predicted molar refractivity (Wildman–Crippen MR) is 117 cm³/mol. The van der Waals surface area contributed by atoms with Crippen molar-refractivity contribution >= 4 is 44.9 Å². The molecule has 6 rings (SSSR count). The number of hydrogen-bond donors (Lipinski definition) is 0. The molecule has 0 fully saturated rings. The molecule has 0 saturated heterocycles. The molecule has 4 aromatic carbocycles. The van der Waals surface area contributed by atoms with Crippen molar-refractivity contribution in [3.63, 3.8) is 0 Å². The SMILES string of the molecule is Cc1cccc2c1-n1c3ccccc3c3cccc(c31)B2c1ccccc1. The van der Waals surface area contributed by atoms with Crippen molar-refractivity contribution in [2.45, 2.75) is 6.92 Å². The minimum atomic E-state index is 0.265. The zero-order valence-electron chi connectivity index (χ0n) is 15.2. The van der Waals surface area contributed by atoms with E-state index in [4.69, 9.17) is 0 Å². The second-order valence-electron chi connectivity index (χ2n) is 7.45. The van der Waals surface area contributed by atoms with Crippen LogP contribution in [-0.4, -0.2) is 11.3 Å². The molecule has 1 aliphatic rings. The molecular weight excluding hydrogens is 325 g/mol. The van der Waals surface area contributed by atoms with E-state index >= 15 is 0 Å². The lowest BCUT2D eigenvalue weighted by Crippen LogP contribution is -2.56. The molecule has 1 aromatic heterocycles. The van der Waals surface area contributed by atoms with Crippen molar-refractivity contribution in [1.82, 2.24) is 4.57 Å². The van der Waals surface area contributed by atoms with Crippen molar-refractivity contribution < 1.29 is 0 Å². The number of nitrogens with zero attached hydrogens (tertiary/aromatic N) is 1. The molecule has 0 amide bonds. The van der Waals surface area contributed by atoms with Gasteiger partial charge in [-0.2, -0.15) is 0 Å². The van der Waals surface area contributed by atoms with E-state index in [1.807, 2.05) is 0 Å². The molecule has 1 nitrogen and oxygen atoms in total. The lowest BCUT2D eigenvalue weighted by atomic mass is 9.35. The smallest absolute Gasteiger partial charge is 0.246 e. The Kier molecular flexibility index (Phi) is 2.96. The fourth-order valence-corrected chi connectivity index (χ4v) is 4.90. The Bertz CT molecular complexity index is 1330. The fraction of sp³-hybridized carbons (Fsp3) is 0.0400. The molecule has 1 aliphatic heterocycles. The summed E-state index contributed by atoms with van der Waals surface area (Å²) in [5.74, 6) is 0. The summed E-state index contributed by atoms with van der Waals surface area (Å²) in [6, 6.07) is 33.2.